The van der Waals surface area contributed by atoms with E-state index in [2.05, 4.69) is 10.6 Å². The number of aldehydes is 1. The summed E-state index contributed by atoms with van der Waals surface area (Å²) in [7, 11) is 1.48. The summed E-state index contributed by atoms with van der Waals surface area (Å²) in [6.45, 7) is 0.568. The predicted molar refractivity (Wildman–Crippen MR) is 109 cm³/mol. The van der Waals surface area contributed by atoms with Gasteiger partial charge >= 0.3 is 5.97 Å². The van der Waals surface area contributed by atoms with Crippen molar-refractivity contribution >= 4 is 35.7 Å². The molecular weight excluding hydrogens is 390 g/mol. The van der Waals surface area contributed by atoms with Gasteiger partial charge in [0.25, 0.3) is 11.8 Å². The number of aliphatic carboxylic acids is 1. The molecule has 3 N–H and O–H groups in total. The van der Waals surface area contributed by atoms with Crippen molar-refractivity contribution in [2.24, 2.45) is 0 Å². The maximum Gasteiger partial charge on any atom is 0.303 e. The number of carbonyl (C=O) groups excluding carboxylic acids is 4. The highest BCUT2D eigenvalue weighted by atomic mass is 16.4. The quantitative estimate of drug-likeness (QED) is 0.253. The summed E-state index contributed by atoms with van der Waals surface area (Å²) in [5, 5.41) is 14.2. The van der Waals surface area contributed by atoms with E-state index in [0.717, 1.165) is 24.2 Å². The molecule has 1 aromatic carbocycles. The minimum Gasteiger partial charge on any atom is -0.481 e. The molecule has 162 valence electrons. The first-order valence-electron chi connectivity index (χ1n) is 10.0. The lowest BCUT2D eigenvalue weighted by molar-refractivity contribution is -0.137. The highest BCUT2D eigenvalue weighted by molar-refractivity contribution is 6.24. The second kappa shape index (κ2) is 11.1. The SMILES string of the molecule is CNC(=O)CCC(C=O)N1C(=O)c2cccc(NCCCCCCC(=O)O)c2C1=O. The number of nitrogens with zero attached hydrogens (tertiary/aromatic N) is 1. The second-order valence-corrected chi connectivity index (χ2v) is 7.11. The van der Waals surface area contributed by atoms with Crippen LogP contribution in [0.15, 0.2) is 18.2 Å². The van der Waals surface area contributed by atoms with E-state index in [4.69, 9.17) is 5.11 Å². The molecule has 9 nitrogen and oxygen atoms in total. The molecule has 0 saturated carbocycles. The fourth-order valence-electron chi connectivity index (χ4n) is 3.39. The number of hydrogen-bond acceptors (Lipinski definition) is 6. The third-order valence-electron chi connectivity index (χ3n) is 5.01. The van der Waals surface area contributed by atoms with Crippen molar-refractivity contribution in [3.63, 3.8) is 0 Å². The zero-order valence-corrected chi connectivity index (χ0v) is 17.0. The van der Waals surface area contributed by atoms with E-state index in [1.54, 1.807) is 18.2 Å². The van der Waals surface area contributed by atoms with Crippen molar-refractivity contribution in [3.05, 3.63) is 29.3 Å². The Labute approximate surface area is 174 Å². The summed E-state index contributed by atoms with van der Waals surface area (Å²) in [6.07, 6.45) is 3.84. The topological polar surface area (TPSA) is 133 Å². The lowest BCUT2D eigenvalue weighted by Crippen LogP contribution is -2.41. The molecule has 1 aromatic rings. The van der Waals surface area contributed by atoms with Crippen LogP contribution < -0.4 is 10.6 Å². The summed E-state index contributed by atoms with van der Waals surface area (Å²) in [5.41, 5.74) is 0.994. The molecule has 1 unspecified atom stereocenters. The first-order chi connectivity index (χ1) is 14.4. The summed E-state index contributed by atoms with van der Waals surface area (Å²) in [4.78, 5) is 60.1. The smallest absolute Gasteiger partial charge is 0.303 e. The van der Waals surface area contributed by atoms with Crippen LogP contribution >= 0.6 is 0 Å². The third-order valence-corrected chi connectivity index (χ3v) is 5.01. The predicted octanol–water partition coefficient (Wildman–Crippen LogP) is 1.82. The normalized spacial score (nSPS) is 13.7. The Kier molecular flexibility index (Phi) is 8.52. The number of benzene rings is 1. The van der Waals surface area contributed by atoms with Crippen molar-refractivity contribution < 1.29 is 29.1 Å². The molecule has 2 rings (SSSR count). The van der Waals surface area contributed by atoms with Gasteiger partial charge < -0.3 is 20.5 Å². The molecule has 1 aliphatic heterocycles. The Bertz CT molecular complexity index is 823. The van der Waals surface area contributed by atoms with Gasteiger partial charge in [-0.25, -0.2) is 0 Å². The van der Waals surface area contributed by atoms with Crippen LogP contribution in [0, 0.1) is 0 Å². The molecule has 0 bridgehead atoms. The van der Waals surface area contributed by atoms with E-state index < -0.39 is 23.8 Å². The molecule has 0 fully saturated rings. The molecule has 0 spiro atoms. The van der Waals surface area contributed by atoms with E-state index in [9.17, 15) is 24.0 Å². The van der Waals surface area contributed by atoms with Crippen LogP contribution in [-0.2, 0) is 14.4 Å². The van der Waals surface area contributed by atoms with Gasteiger partial charge in [-0.3, -0.25) is 24.1 Å². The van der Waals surface area contributed by atoms with Crippen LogP contribution in [0.3, 0.4) is 0 Å². The first-order valence-corrected chi connectivity index (χ1v) is 10.0. The Morgan fingerprint density at radius 2 is 1.83 bits per heavy atom. The Morgan fingerprint density at radius 3 is 2.50 bits per heavy atom. The number of unbranched alkanes of at least 4 members (excludes halogenated alkanes) is 3. The van der Waals surface area contributed by atoms with Gasteiger partial charge in [0.2, 0.25) is 5.91 Å². The number of hydrogen-bond donors (Lipinski definition) is 3. The minimum absolute atomic E-state index is 0.0281. The highest BCUT2D eigenvalue weighted by Gasteiger charge is 2.41. The lowest BCUT2D eigenvalue weighted by atomic mass is 10.1. The van der Waals surface area contributed by atoms with Gasteiger partial charge in [-0.2, -0.15) is 0 Å². The molecule has 30 heavy (non-hydrogen) atoms. The van der Waals surface area contributed by atoms with Crippen molar-refractivity contribution in [2.45, 2.75) is 51.0 Å². The number of carboxylic acids is 1. The Morgan fingerprint density at radius 1 is 1.10 bits per heavy atom. The van der Waals surface area contributed by atoms with E-state index in [1.165, 1.54) is 7.05 Å². The Balaban J connectivity index is 2.00. The van der Waals surface area contributed by atoms with Crippen LogP contribution in [-0.4, -0.2) is 59.6 Å². The molecule has 9 heteroatoms. The van der Waals surface area contributed by atoms with Gasteiger partial charge in [-0.15, -0.1) is 0 Å². The molecule has 0 aromatic heterocycles. The van der Waals surface area contributed by atoms with Crippen molar-refractivity contribution in [1.29, 1.82) is 0 Å². The summed E-state index contributed by atoms with van der Waals surface area (Å²) < 4.78 is 0. The van der Waals surface area contributed by atoms with E-state index in [0.29, 0.717) is 24.9 Å². The molecule has 1 aliphatic rings. The lowest BCUT2D eigenvalue weighted by Gasteiger charge is -2.21. The van der Waals surface area contributed by atoms with Gasteiger partial charge in [-0.05, 0) is 31.4 Å². The van der Waals surface area contributed by atoms with Gasteiger partial charge in [0.15, 0.2) is 0 Å². The maximum atomic E-state index is 12.9. The number of rotatable bonds is 13. The van der Waals surface area contributed by atoms with Crippen LogP contribution in [0.2, 0.25) is 0 Å². The average Bonchev–Trinajstić information content (AvgIpc) is 2.99. The van der Waals surface area contributed by atoms with E-state index in [-0.39, 0.29) is 36.3 Å². The summed E-state index contributed by atoms with van der Waals surface area (Å²) >= 11 is 0. The number of amides is 3. The number of fused-ring (bicyclic) bond motifs is 1. The summed E-state index contributed by atoms with van der Waals surface area (Å²) in [6, 6.07) is 3.92. The zero-order valence-electron chi connectivity index (χ0n) is 17.0. The van der Waals surface area contributed by atoms with E-state index in [1.807, 2.05) is 0 Å². The average molecular weight is 417 g/mol. The molecule has 0 saturated heterocycles. The minimum atomic E-state index is -1.00. The highest BCUT2D eigenvalue weighted by Crippen LogP contribution is 2.31. The number of carbonyl (C=O) groups is 5. The number of nitrogens with one attached hydrogen (secondary N) is 2. The van der Waals surface area contributed by atoms with Crippen LogP contribution in [0.5, 0.6) is 0 Å². The van der Waals surface area contributed by atoms with Crippen molar-refractivity contribution in [1.82, 2.24) is 10.2 Å². The van der Waals surface area contributed by atoms with Crippen LogP contribution in [0.4, 0.5) is 5.69 Å². The molecule has 1 atom stereocenters. The Hall–Kier alpha value is -3.23. The second-order valence-electron chi connectivity index (χ2n) is 7.11. The van der Waals surface area contributed by atoms with Gasteiger partial charge in [0.1, 0.15) is 6.29 Å². The van der Waals surface area contributed by atoms with E-state index >= 15 is 0 Å². The molecular formula is C21H27N3O6. The fourth-order valence-corrected chi connectivity index (χ4v) is 3.39. The number of carboxylic acid groups (broad SMARTS) is 1. The summed E-state index contributed by atoms with van der Waals surface area (Å²) in [5.74, 6) is -2.16. The van der Waals surface area contributed by atoms with Crippen molar-refractivity contribution in [3.8, 4) is 0 Å². The zero-order chi connectivity index (χ0) is 22.1. The maximum absolute atomic E-state index is 12.9. The molecule has 1 heterocycles. The number of imide groups is 1. The van der Waals surface area contributed by atoms with Crippen LogP contribution in [0.25, 0.3) is 0 Å². The van der Waals surface area contributed by atoms with Crippen LogP contribution in [0.1, 0.15) is 65.7 Å². The van der Waals surface area contributed by atoms with Crippen molar-refractivity contribution in [2.75, 3.05) is 18.9 Å². The third kappa shape index (κ3) is 5.65. The van der Waals surface area contributed by atoms with Gasteiger partial charge in [-0.1, -0.05) is 18.9 Å². The first kappa shape index (κ1) is 23.1. The van der Waals surface area contributed by atoms with Gasteiger partial charge in [0, 0.05) is 32.1 Å². The molecule has 3 amide bonds. The monoisotopic (exact) mass is 417 g/mol. The largest absolute Gasteiger partial charge is 0.481 e. The molecule has 0 aliphatic carbocycles. The number of anilines is 1. The van der Waals surface area contributed by atoms with Gasteiger partial charge in [0.05, 0.1) is 17.2 Å². The standard InChI is InChI=1S/C21H27N3O6/c1-22-17(26)11-10-14(13-25)24-20(29)15-7-6-8-16(19(15)21(24)30)23-12-5-3-2-4-9-18(27)28/h6-8,13-14,23H,2-5,9-12H2,1H3,(H,22,26)(H,27,28). The fraction of sp³-hybridized carbons (Fsp3) is 0.476. The molecule has 0 radical (unpaired) electrons.